The molecule has 1 amide bonds. The maximum atomic E-state index is 12.3. The number of aldehydes is 1. The second-order valence-corrected chi connectivity index (χ2v) is 9.20. The number of amides is 1. The summed E-state index contributed by atoms with van der Waals surface area (Å²) in [5, 5.41) is 15.0. The Bertz CT molecular complexity index is 703. The lowest BCUT2D eigenvalue weighted by Crippen LogP contribution is -2.50. The van der Waals surface area contributed by atoms with Crippen molar-refractivity contribution < 1.29 is 33.5 Å². The standard InChI is InChI=1S/C25H43N3O6/c1-20(2)25(33)34-18-10-14-26-19-21(3)24(32)27-15-9-16-28(4,5)22(12-13-23(30)31)11-7-6-8-17-29/h17,19,22H,1,6-16,18H2,2-5H3,(H2-,26,27,30,31,32)/p+1. The van der Waals surface area contributed by atoms with E-state index in [4.69, 9.17) is 9.84 Å². The fourth-order valence-electron chi connectivity index (χ4n) is 3.50. The molecule has 1 atom stereocenters. The second kappa shape index (κ2) is 17.8. The van der Waals surface area contributed by atoms with Gasteiger partial charge in [0.15, 0.2) is 0 Å². The minimum absolute atomic E-state index is 0.129. The van der Waals surface area contributed by atoms with Crippen molar-refractivity contribution in [3.8, 4) is 0 Å². The topological polar surface area (TPSA) is 122 Å². The Hall–Kier alpha value is -2.68. The molecule has 0 heterocycles. The van der Waals surface area contributed by atoms with Gasteiger partial charge in [-0.2, -0.15) is 0 Å². The van der Waals surface area contributed by atoms with Crippen molar-refractivity contribution in [2.24, 2.45) is 0 Å². The Morgan fingerprint density at radius 3 is 2.38 bits per heavy atom. The summed E-state index contributed by atoms with van der Waals surface area (Å²) in [6.07, 6.45) is 7.81. The molecule has 0 aromatic rings. The fourth-order valence-corrected chi connectivity index (χ4v) is 3.50. The highest BCUT2D eigenvalue weighted by Gasteiger charge is 2.28. The van der Waals surface area contributed by atoms with E-state index in [9.17, 15) is 19.2 Å². The van der Waals surface area contributed by atoms with E-state index in [2.05, 4.69) is 31.3 Å². The van der Waals surface area contributed by atoms with E-state index in [0.717, 1.165) is 38.5 Å². The van der Waals surface area contributed by atoms with Crippen molar-refractivity contribution in [3.63, 3.8) is 0 Å². The van der Waals surface area contributed by atoms with Gasteiger partial charge in [0.1, 0.15) is 6.29 Å². The van der Waals surface area contributed by atoms with Crippen molar-refractivity contribution in [3.05, 3.63) is 23.9 Å². The number of hydrogen-bond donors (Lipinski definition) is 3. The molecule has 0 radical (unpaired) electrons. The van der Waals surface area contributed by atoms with E-state index < -0.39 is 11.9 Å². The first-order valence-corrected chi connectivity index (χ1v) is 12.0. The summed E-state index contributed by atoms with van der Waals surface area (Å²) in [6.45, 7) is 9.04. The number of esters is 1. The Balaban J connectivity index is 4.35. The van der Waals surface area contributed by atoms with Gasteiger partial charge in [-0.25, -0.2) is 4.79 Å². The number of rotatable bonds is 20. The number of carbonyl (C=O) groups excluding carboxylic acids is 3. The minimum atomic E-state index is -0.797. The van der Waals surface area contributed by atoms with Gasteiger partial charge >= 0.3 is 11.9 Å². The molecule has 1 unspecified atom stereocenters. The molecule has 0 rings (SSSR count). The molecule has 34 heavy (non-hydrogen) atoms. The van der Waals surface area contributed by atoms with Crippen LogP contribution in [0.15, 0.2) is 23.9 Å². The molecule has 9 nitrogen and oxygen atoms in total. The predicted octanol–water partition coefficient (Wildman–Crippen LogP) is 2.56. The van der Waals surface area contributed by atoms with Crippen LogP contribution in [0.2, 0.25) is 0 Å². The van der Waals surface area contributed by atoms with Crippen LogP contribution >= 0.6 is 0 Å². The molecule has 3 N–H and O–H groups in total. The smallest absolute Gasteiger partial charge is 0.333 e. The van der Waals surface area contributed by atoms with E-state index in [1.807, 2.05) is 0 Å². The monoisotopic (exact) mass is 482 g/mol. The normalized spacial score (nSPS) is 12.5. The van der Waals surface area contributed by atoms with Crippen LogP contribution in [0.4, 0.5) is 0 Å². The van der Waals surface area contributed by atoms with Crippen molar-refractivity contribution in [1.29, 1.82) is 0 Å². The van der Waals surface area contributed by atoms with E-state index in [0.29, 0.717) is 48.0 Å². The highest BCUT2D eigenvalue weighted by molar-refractivity contribution is 5.92. The summed E-state index contributed by atoms with van der Waals surface area (Å²) in [4.78, 5) is 45.1. The molecular formula is C25H44N3O6+. The molecule has 0 saturated heterocycles. The van der Waals surface area contributed by atoms with Crippen LogP contribution < -0.4 is 10.6 Å². The molecule has 0 aromatic carbocycles. The predicted molar refractivity (Wildman–Crippen MR) is 132 cm³/mol. The number of unbranched alkanes of at least 4 members (excludes halogenated alkanes) is 2. The quantitative estimate of drug-likeness (QED) is 0.0801. The minimum Gasteiger partial charge on any atom is -0.481 e. The highest BCUT2D eigenvalue weighted by Crippen LogP contribution is 2.20. The van der Waals surface area contributed by atoms with E-state index >= 15 is 0 Å². The van der Waals surface area contributed by atoms with Crippen LogP contribution in [-0.2, 0) is 23.9 Å². The lowest BCUT2D eigenvalue weighted by Gasteiger charge is -2.38. The van der Waals surface area contributed by atoms with Crippen LogP contribution in [0.5, 0.6) is 0 Å². The molecular weight excluding hydrogens is 438 g/mol. The third kappa shape index (κ3) is 15.2. The third-order valence-electron chi connectivity index (χ3n) is 5.71. The fraction of sp³-hybridized carbons (Fsp3) is 0.680. The zero-order valence-corrected chi connectivity index (χ0v) is 21.4. The van der Waals surface area contributed by atoms with Crippen molar-refractivity contribution in [2.45, 2.75) is 71.3 Å². The molecule has 0 aliphatic carbocycles. The number of carboxylic acid groups (broad SMARTS) is 1. The van der Waals surface area contributed by atoms with Gasteiger partial charge in [0.05, 0.1) is 39.7 Å². The van der Waals surface area contributed by atoms with Gasteiger partial charge in [0.25, 0.3) is 0 Å². The average Bonchev–Trinajstić information content (AvgIpc) is 2.77. The lowest BCUT2D eigenvalue weighted by atomic mass is 10.00. The number of carbonyl (C=O) groups is 4. The Kier molecular flexibility index (Phi) is 16.4. The lowest BCUT2D eigenvalue weighted by molar-refractivity contribution is -0.915. The first kappa shape index (κ1) is 31.3. The molecule has 9 heteroatoms. The summed E-state index contributed by atoms with van der Waals surface area (Å²) in [5.74, 6) is -1.35. The SMILES string of the molecule is C=C(C)C(=O)OCCCNC=C(C)C(=O)NCCC[N+](C)(C)C(CCCCC=O)CCC(=O)O. The van der Waals surface area contributed by atoms with E-state index in [-0.39, 0.29) is 25.0 Å². The van der Waals surface area contributed by atoms with Crippen LogP contribution in [0, 0.1) is 0 Å². The van der Waals surface area contributed by atoms with Gasteiger partial charge in [-0.05, 0) is 39.5 Å². The highest BCUT2D eigenvalue weighted by atomic mass is 16.5. The zero-order chi connectivity index (χ0) is 26.0. The summed E-state index contributed by atoms with van der Waals surface area (Å²) >= 11 is 0. The van der Waals surface area contributed by atoms with Crippen molar-refractivity contribution in [2.75, 3.05) is 40.3 Å². The molecule has 0 aliphatic rings. The van der Waals surface area contributed by atoms with Crippen LogP contribution in [0.25, 0.3) is 0 Å². The number of ether oxygens (including phenoxy) is 1. The summed E-state index contributed by atoms with van der Waals surface area (Å²) in [5.41, 5.74) is 0.926. The van der Waals surface area contributed by atoms with Crippen molar-refractivity contribution >= 4 is 24.1 Å². The molecule has 0 fully saturated rings. The summed E-state index contributed by atoms with van der Waals surface area (Å²) < 4.78 is 5.68. The number of aliphatic carboxylic acids is 1. The molecule has 0 aromatic heterocycles. The molecule has 194 valence electrons. The first-order valence-electron chi connectivity index (χ1n) is 12.0. The summed E-state index contributed by atoms with van der Waals surface area (Å²) in [6, 6.07) is 0.193. The van der Waals surface area contributed by atoms with E-state index in [1.54, 1.807) is 20.0 Å². The van der Waals surface area contributed by atoms with Crippen molar-refractivity contribution in [1.82, 2.24) is 10.6 Å². The Morgan fingerprint density at radius 1 is 1.06 bits per heavy atom. The van der Waals surface area contributed by atoms with E-state index in [1.165, 1.54) is 0 Å². The van der Waals surface area contributed by atoms with Gasteiger partial charge in [-0.15, -0.1) is 0 Å². The van der Waals surface area contributed by atoms with Gasteiger partial charge in [0.2, 0.25) is 5.91 Å². The number of quaternary nitrogens is 1. The van der Waals surface area contributed by atoms with Crippen LogP contribution in [0.1, 0.15) is 65.2 Å². The van der Waals surface area contributed by atoms with Gasteiger partial charge in [0, 0.05) is 49.7 Å². The molecule has 0 spiro atoms. The van der Waals surface area contributed by atoms with Crippen LogP contribution in [0.3, 0.4) is 0 Å². The second-order valence-electron chi connectivity index (χ2n) is 9.20. The number of carboxylic acids is 1. The Labute approximate surface area is 204 Å². The number of nitrogens with zero attached hydrogens (tertiary/aromatic N) is 1. The zero-order valence-electron chi connectivity index (χ0n) is 21.4. The van der Waals surface area contributed by atoms with Gasteiger partial charge < -0.3 is 29.8 Å². The van der Waals surface area contributed by atoms with Crippen LogP contribution in [-0.4, -0.2) is 80.1 Å². The maximum absolute atomic E-state index is 12.3. The Morgan fingerprint density at radius 2 is 1.76 bits per heavy atom. The summed E-state index contributed by atoms with van der Waals surface area (Å²) in [7, 11) is 4.19. The number of nitrogens with one attached hydrogen (secondary N) is 2. The molecule has 0 bridgehead atoms. The average molecular weight is 483 g/mol. The number of hydrogen-bond acceptors (Lipinski definition) is 6. The first-order chi connectivity index (χ1) is 16.0. The van der Waals surface area contributed by atoms with Gasteiger partial charge in [-0.1, -0.05) is 6.58 Å². The molecule has 0 saturated carbocycles. The molecule has 0 aliphatic heterocycles. The largest absolute Gasteiger partial charge is 0.481 e. The maximum Gasteiger partial charge on any atom is 0.333 e. The third-order valence-corrected chi connectivity index (χ3v) is 5.71. The van der Waals surface area contributed by atoms with Gasteiger partial charge in [-0.3, -0.25) is 9.59 Å².